The summed E-state index contributed by atoms with van der Waals surface area (Å²) in [4.78, 5) is 6.80. The Morgan fingerprint density at radius 1 is 0.969 bits per heavy atom. The van der Waals surface area contributed by atoms with Crippen LogP contribution in [0.5, 0.6) is 5.75 Å². The summed E-state index contributed by atoms with van der Waals surface area (Å²) in [6, 6.07) is 21.2. The van der Waals surface area contributed by atoms with Gasteiger partial charge >= 0.3 is 0 Å². The Morgan fingerprint density at radius 3 is 2.44 bits per heavy atom. The molecule has 0 spiro atoms. The molecule has 164 valence electrons. The van der Waals surface area contributed by atoms with Gasteiger partial charge in [-0.1, -0.05) is 35.6 Å². The van der Waals surface area contributed by atoms with Crippen LogP contribution in [0.25, 0.3) is 10.2 Å². The normalized spacial score (nSPS) is 11.2. The summed E-state index contributed by atoms with van der Waals surface area (Å²) >= 11 is 6.69. The zero-order valence-corrected chi connectivity index (χ0v) is 19.3. The molecule has 0 atom stereocenters. The molecule has 11 heteroatoms. The molecule has 4 rings (SSSR count). The number of rotatable bonds is 7. The lowest BCUT2D eigenvalue weighted by atomic mass is 10.3. The van der Waals surface area contributed by atoms with Crippen molar-refractivity contribution in [2.75, 3.05) is 23.2 Å². The molecule has 0 aliphatic rings. The van der Waals surface area contributed by atoms with Gasteiger partial charge in [-0.2, -0.15) is 0 Å². The van der Waals surface area contributed by atoms with E-state index in [4.69, 9.17) is 17.0 Å². The van der Waals surface area contributed by atoms with Crippen LogP contribution in [0.3, 0.4) is 0 Å². The van der Waals surface area contributed by atoms with Crippen molar-refractivity contribution < 1.29 is 13.2 Å². The number of benzene rings is 3. The first-order chi connectivity index (χ1) is 15.4. The number of hydrazine groups is 1. The largest absolute Gasteiger partial charge is 0.495 e. The van der Waals surface area contributed by atoms with Gasteiger partial charge in [0, 0.05) is 5.69 Å². The molecule has 0 bridgehead atoms. The number of methoxy groups -OCH3 is 1. The Labute approximate surface area is 194 Å². The van der Waals surface area contributed by atoms with Crippen LogP contribution in [0.2, 0.25) is 0 Å². The molecule has 0 fully saturated rings. The number of aromatic nitrogens is 1. The zero-order valence-electron chi connectivity index (χ0n) is 16.8. The molecule has 4 N–H and O–H groups in total. The first-order valence-electron chi connectivity index (χ1n) is 9.39. The highest BCUT2D eigenvalue weighted by Crippen LogP contribution is 2.25. The number of thiazole rings is 1. The summed E-state index contributed by atoms with van der Waals surface area (Å²) in [6.07, 6.45) is 0. The van der Waals surface area contributed by atoms with Crippen molar-refractivity contribution in [3.05, 3.63) is 72.8 Å². The molecule has 0 aliphatic heterocycles. The van der Waals surface area contributed by atoms with Crippen LogP contribution in [0.4, 0.5) is 16.5 Å². The second-order valence-electron chi connectivity index (χ2n) is 6.52. The maximum atomic E-state index is 12.6. The molecule has 1 aromatic heterocycles. The number of nitrogens with one attached hydrogen (secondary N) is 4. The molecule has 0 aliphatic carbocycles. The molecule has 4 aromatic rings. The highest BCUT2D eigenvalue weighted by Gasteiger charge is 2.15. The predicted molar refractivity (Wildman–Crippen MR) is 133 cm³/mol. The number of ether oxygens (including phenoxy) is 1. The van der Waals surface area contributed by atoms with E-state index in [-0.39, 0.29) is 4.90 Å². The van der Waals surface area contributed by atoms with E-state index in [1.165, 1.54) is 23.5 Å². The topological polar surface area (TPSA) is 104 Å². The smallest absolute Gasteiger partial charge is 0.257 e. The lowest BCUT2D eigenvalue weighted by Gasteiger charge is -2.13. The number of sulfonamides is 1. The van der Waals surface area contributed by atoms with Crippen LogP contribution >= 0.6 is 23.6 Å². The number of para-hydroxylation sites is 3. The number of fused-ring (bicyclic) bond motifs is 1. The zero-order chi connectivity index (χ0) is 22.6. The molecule has 0 saturated carbocycles. The molecular formula is C21H19N5O3S3. The SMILES string of the molecule is COc1ccccc1NC(=S)Nc1ccc(S(=O)(=O)NNc2nc3ccccc3s2)cc1. The van der Waals surface area contributed by atoms with Crippen molar-refractivity contribution in [1.29, 1.82) is 0 Å². The van der Waals surface area contributed by atoms with Crippen molar-refractivity contribution in [3.63, 3.8) is 0 Å². The van der Waals surface area contributed by atoms with Gasteiger partial charge in [-0.25, -0.2) is 13.4 Å². The number of nitrogens with zero attached hydrogens (tertiary/aromatic N) is 1. The van der Waals surface area contributed by atoms with Crippen LogP contribution in [0.1, 0.15) is 0 Å². The second-order valence-corrected chi connectivity index (χ2v) is 9.64. The van der Waals surface area contributed by atoms with Gasteiger partial charge in [-0.15, -0.1) is 4.83 Å². The van der Waals surface area contributed by atoms with Crippen molar-refractivity contribution in [2.45, 2.75) is 4.90 Å². The Hall–Kier alpha value is -3.25. The Morgan fingerprint density at radius 2 is 1.69 bits per heavy atom. The van der Waals surface area contributed by atoms with Gasteiger partial charge in [-0.3, -0.25) is 5.43 Å². The van der Waals surface area contributed by atoms with Gasteiger partial charge < -0.3 is 15.4 Å². The van der Waals surface area contributed by atoms with Crippen LogP contribution in [-0.2, 0) is 10.0 Å². The summed E-state index contributed by atoms with van der Waals surface area (Å²) in [5.74, 6) is 0.657. The van der Waals surface area contributed by atoms with Gasteiger partial charge in [-0.05, 0) is 60.7 Å². The van der Waals surface area contributed by atoms with E-state index in [0.29, 0.717) is 21.7 Å². The Kier molecular flexibility index (Phi) is 6.51. The van der Waals surface area contributed by atoms with E-state index >= 15 is 0 Å². The van der Waals surface area contributed by atoms with Crippen molar-refractivity contribution >= 4 is 65.4 Å². The fourth-order valence-corrected chi connectivity index (χ4v) is 4.80. The number of hydrogen-bond donors (Lipinski definition) is 4. The average Bonchev–Trinajstić information content (AvgIpc) is 3.22. The third-order valence-corrected chi connectivity index (χ3v) is 6.78. The van der Waals surface area contributed by atoms with Crippen molar-refractivity contribution in [2.24, 2.45) is 0 Å². The van der Waals surface area contributed by atoms with Gasteiger partial charge in [0.15, 0.2) is 10.2 Å². The molecule has 32 heavy (non-hydrogen) atoms. The molecule has 0 radical (unpaired) electrons. The Bertz CT molecular complexity index is 1320. The fraction of sp³-hybridized carbons (Fsp3) is 0.0476. The van der Waals surface area contributed by atoms with Crippen LogP contribution in [-0.4, -0.2) is 25.6 Å². The van der Waals surface area contributed by atoms with Gasteiger partial charge in [0.25, 0.3) is 10.0 Å². The molecular weight excluding hydrogens is 466 g/mol. The summed E-state index contributed by atoms with van der Waals surface area (Å²) in [5, 5.41) is 6.88. The summed E-state index contributed by atoms with van der Waals surface area (Å²) in [6.45, 7) is 0. The van der Waals surface area contributed by atoms with Gasteiger partial charge in [0.05, 0.1) is 27.9 Å². The summed E-state index contributed by atoms with van der Waals surface area (Å²) in [7, 11) is -2.21. The summed E-state index contributed by atoms with van der Waals surface area (Å²) < 4.78 is 31.4. The minimum absolute atomic E-state index is 0.0975. The average molecular weight is 486 g/mol. The minimum atomic E-state index is -3.79. The maximum Gasteiger partial charge on any atom is 0.257 e. The minimum Gasteiger partial charge on any atom is -0.495 e. The second kappa shape index (κ2) is 9.49. The first kappa shape index (κ1) is 22.0. The lowest BCUT2D eigenvalue weighted by Crippen LogP contribution is -2.29. The number of anilines is 3. The quantitative estimate of drug-likeness (QED) is 0.225. The molecule has 1 heterocycles. The van der Waals surface area contributed by atoms with E-state index in [9.17, 15) is 8.42 Å². The monoisotopic (exact) mass is 485 g/mol. The van der Waals surface area contributed by atoms with E-state index in [2.05, 4.69) is 25.9 Å². The van der Waals surface area contributed by atoms with Crippen LogP contribution < -0.4 is 25.6 Å². The van der Waals surface area contributed by atoms with Gasteiger partial charge in [0.2, 0.25) is 0 Å². The molecule has 0 saturated heterocycles. The maximum absolute atomic E-state index is 12.6. The fourth-order valence-electron chi connectivity index (χ4n) is 2.85. The standard InChI is InChI=1S/C21H19N5O3S3/c1-29-18-8-4-2-6-16(18)23-20(30)22-14-10-12-15(13-11-14)32(27,28)26-25-21-24-17-7-3-5-9-19(17)31-21/h2-13,26H,1H3,(H,24,25)(H2,22,23,30). The van der Waals surface area contributed by atoms with E-state index in [1.807, 2.05) is 48.5 Å². The predicted octanol–water partition coefficient (Wildman–Crippen LogP) is 4.42. The molecule has 8 nitrogen and oxygen atoms in total. The van der Waals surface area contributed by atoms with Crippen LogP contribution in [0.15, 0.2) is 77.7 Å². The van der Waals surface area contributed by atoms with E-state index in [1.54, 1.807) is 19.2 Å². The van der Waals surface area contributed by atoms with Crippen LogP contribution in [0, 0.1) is 0 Å². The highest BCUT2D eigenvalue weighted by molar-refractivity contribution is 7.89. The van der Waals surface area contributed by atoms with E-state index in [0.717, 1.165) is 15.9 Å². The first-order valence-corrected chi connectivity index (χ1v) is 12.1. The molecule has 0 unspecified atom stereocenters. The molecule has 3 aromatic carbocycles. The van der Waals surface area contributed by atoms with E-state index < -0.39 is 10.0 Å². The highest BCUT2D eigenvalue weighted by atomic mass is 32.2. The van der Waals surface area contributed by atoms with Crippen molar-refractivity contribution in [1.82, 2.24) is 9.82 Å². The number of thiocarbonyl (C=S) groups is 1. The van der Waals surface area contributed by atoms with Crippen molar-refractivity contribution in [3.8, 4) is 5.75 Å². The third kappa shape index (κ3) is 5.14. The third-order valence-electron chi connectivity index (χ3n) is 4.36. The number of hydrogen-bond acceptors (Lipinski definition) is 7. The summed E-state index contributed by atoms with van der Waals surface area (Å²) in [5.41, 5.74) is 4.82. The molecule has 0 amide bonds. The lowest BCUT2D eigenvalue weighted by molar-refractivity contribution is 0.417. The Balaban J connectivity index is 1.38. The van der Waals surface area contributed by atoms with Gasteiger partial charge in [0.1, 0.15) is 5.75 Å².